The number of nitrogens with zero attached hydrogens (tertiary/aromatic N) is 4. The quantitative estimate of drug-likeness (QED) is 0.186. The molecule has 0 amide bonds. The lowest BCUT2D eigenvalue weighted by Crippen LogP contribution is -1.97. The molecule has 4 heterocycles. The number of fused-ring (bicyclic) bond motifs is 6. The fourth-order valence-electron chi connectivity index (χ4n) is 6.71. The van der Waals surface area contributed by atoms with Gasteiger partial charge in [-0.1, -0.05) is 115 Å². The summed E-state index contributed by atoms with van der Waals surface area (Å²) in [6, 6.07) is 52.9. The first-order chi connectivity index (χ1) is 24.8. The van der Waals surface area contributed by atoms with E-state index in [1.807, 2.05) is 127 Å². The van der Waals surface area contributed by atoms with Crippen molar-refractivity contribution in [1.29, 1.82) is 0 Å². The third-order valence-corrected chi connectivity index (χ3v) is 9.09. The fourth-order valence-corrected chi connectivity index (χ4v) is 6.71. The molecule has 0 aliphatic carbocycles. The van der Waals surface area contributed by atoms with Crippen molar-refractivity contribution in [3.63, 3.8) is 0 Å². The van der Waals surface area contributed by atoms with Gasteiger partial charge >= 0.3 is 0 Å². The molecule has 0 fully saturated rings. The van der Waals surface area contributed by atoms with Crippen LogP contribution in [0.4, 0.5) is 0 Å². The van der Waals surface area contributed by atoms with Gasteiger partial charge < -0.3 is 8.83 Å². The molecule has 0 spiro atoms. The SMILES string of the molecule is c1ccc(-c2cc(-c3nc(-c4ccccc4)c4oc5ccccc5c4n3)cc(-c3nc(-c4ccccc4)c4oc5ccccc5c4n3)c2)cc1. The van der Waals surface area contributed by atoms with Crippen LogP contribution < -0.4 is 0 Å². The van der Waals surface area contributed by atoms with E-state index in [0.717, 1.165) is 77.7 Å². The van der Waals surface area contributed by atoms with Crippen LogP contribution >= 0.6 is 0 Å². The lowest BCUT2D eigenvalue weighted by molar-refractivity contribution is 0.667. The van der Waals surface area contributed by atoms with Gasteiger partial charge in [0, 0.05) is 33.0 Å². The van der Waals surface area contributed by atoms with Crippen LogP contribution in [-0.2, 0) is 0 Å². The van der Waals surface area contributed by atoms with Gasteiger partial charge in [0.25, 0.3) is 0 Å². The first kappa shape index (κ1) is 28.1. The second-order valence-corrected chi connectivity index (χ2v) is 12.2. The molecule has 10 aromatic rings. The van der Waals surface area contributed by atoms with Crippen LogP contribution in [0.3, 0.4) is 0 Å². The monoisotopic (exact) mass is 642 g/mol. The molecule has 6 aromatic carbocycles. The van der Waals surface area contributed by atoms with Gasteiger partial charge in [-0.25, -0.2) is 19.9 Å². The van der Waals surface area contributed by atoms with E-state index in [1.54, 1.807) is 0 Å². The number of hydrogen-bond acceptors (Lipinski definition) is 6. The minimum Gasteiger partial charge on any atom is -0.452 e. The van der Waals surface area contributed by atoms with Gasteiger partial charge in [0.15, 0.2) is 22.8 Å². The largest absolute Gasteiger partial charge is 0.452 e. The summed E-state index contributed by atoms with van der Waals surface area (Å²) in [6.07, 6.45) is 0. The Kier molecular flexibility index (Phi) is 6.39. The number of benzene rings is 6. The molecular weight excluding hydrogens is 617 g/mol. The zero-order valence-electron chi connectivity index (χ0n) is 26.6. The second-order valence-electron chi connectivity index (χ2n) is 12.2. The predicted octanol–water partition coefficient (Wildman–Crippen LogP) is 11.4. The van der Waals surface area contributed by atoms with Gasteiger partial charge in [-0.15, -0.1) is 0 Å². The minimum absolute atomic E-state index is 0.583. The predicted molar refractivity (Wildman–Crippen MR) is 199 cm³/mol. The Bertz CT molecular complexity index is 2690. The summed E-state index contributed by atoms with van der Waals surface area (Å²) >= 11 is 0. The summed E-state index contributed by atoms with van der Waals surface area (Å²) in [7, 11) is 0. The Labute approximate surface area is 286 Å². The zero-order chi connectivity index (χ0) is 33.0. The molecule has 10 rings (SSSR count). The second kappa shape index (κ2) is 11.4. The Balaban J connectivity index is 1.26. The Morgan fingerprint density at radius 2 is 0.700 bits per heavy atom. The lowest BCUT2D eigenvalue weighted by Gasteiger charge is -2.12. The van der Waals surface area contributed by atoms with Crippen molar-refractivity contribution >= 4 is 44.1 Å². The molecule has 6 heteroatoms. The first-order valence-electron chi connectivity index (χ1n) is 16.5. The molecule has 234 valence electrons. The number of aromatic nitrogens is 4. The van der Waals surface area contributed by atoms with E-state index in [1.165, 1.54) is 0 Å². The summed E-state index contributed by atoms with van der Waals surface area (Å²) in [6.45, 7) is 0. The maximum absolute atomic E-state index is 6.38. The lowest BCUT2D eigenvalue weighted by atomic mass is 9.98. The van der Waals surface area contributed by atoms with E-state index < -0.39 is 0 Å². The summed E-state index contributed by atoms with van der Waals surface area (Å²) < 4.78 is 12.8. The van der Waals surface area contributed by atoms with Crippen molar-refractivity contribution in [2.75, 3.05) is 0 Å². The third kappa shape index (κ3) is 4.65. The van der Waals surface area contributed by atoms with Gasteiger partial charge in [0.2, 0.25) is 0 Å². The van der Waals surface area contributed by atoms with E-state index in [4.69, 9.17) is 28.8 Å². The molecule has 0 aliphatic rings. The summed E-state index contributed by atoms with van der Waals surface area (Å²) in [5, 5.41) is 1.88. The highest BCUT2D eigenvalue weighted by Crippen LogP contribution is 2.39. The maximum Gasteiger partial charge on any atom is 0.180 e. The molecule has 0 N–H and O–H groups in total. The first-order valence-corrected chi connectivity index (χ1v) is 16.5. The Morgan fingerprint density at radius 1 is 0.320 bits per heavy atom. The number of hydrogen-bond donors (Lipinski definition) is 0. The van der Waals surface area contributed by atoms with Crippen LogP contribution in [0.25, 0.3) is 101 Å². The molecule has 0 saturated heterocycles. The molecule has 0 aliphatic heterocycles. The zero-order valence-corrected chi connectivity index (χ0v) is 26.6. The summed E-state index contributed by atoms with van der Waals surface area (Å²) in [4.78, 5) is 20.7. The van der Waals surface area contributed by atoms with Crippen molar-refractivity contribution in [3.05, 3.63) is 158 Å². The highest BCUT2D eigenvalue weighted by Gasteiger charge is 2.21. The van der Waals surface area contributed by atoms with Crippen molar-refractivity contribution < 1.29 is 8.83 Å². The molecule has 0 bridgehead atoms. The van der Waals surface area contributed by atoms with Crippen LogP contribution in [0.1, 0.15) is 0 Å². The molecule has 0 unspecified atom stereocenters. The minimum atomic E-state index is 0.583. The van der Waals surface area contributed by atoms with Crippen LogP contribution in [0.5, 0.6) is 0 Å². The van der Waals surface area contributed by atoms with Gasteiger partial charge in [-0.2, -0.15) is 0 Å². The van der Waals surface area contributed by atoms with Gasteiger partial charge in [-0.05, 0) is 53.6 Å². The standard InChI is InChI=1S/C44H26N4O2/c1-4-14-27(15-5-1)30-24-31(43-45-37(28-16-6-2-7-17-28)41-39(47-43)33-20-10-12-22-35(33)49-41)26-32(25-30)44-46-38(29-18-8-3-9-19-29)42-40(48-44)34-21-11-13-23-36(34)50-42/h1-26H. The van der Waals surface area contributed by atoms with Crippen LogP contribution in [0.15, 0.2) is 167 Å². The van der Waals surface area contributed by atoms with E-state index >= 15 is 0 Å². The normalized spacial score (nSPS) is 11.6. The van der Waals surface area contributed by atoms with Crippen LogP contribution in [0, 0.1) is 0 Å². The van der Waals surface area contributed by atoms with Gasteiger partial charge in [0.05, 0.1) is 0 Å². The van der Waals surface area contributed by atoms with E-state index in [-0.39, 0.29) is 0 Å². The highest BCUT2D eigenvalue weighted by atomic mass is 16.3. The van der Waals surface area contributed by atoms with Gasteiger partial charge in [-0.3, -0.25) is 0 Å². The average Bonchev–Trinajstić information content (AvgIpc) is 3.76. The number of furan rings is 2. The smallest absolute Gasteiger partial charge is 0.180 e. The maximum atomic E-state index is 6.38. The van der Waals surface area contributed by atoms with Crippen molar-refractivity contribution in [2.24, 2.45) is 0 Å². The summed E-state index contributed by atoms with van der Waals surface area (Å²) in [5.41, 5.74) is 11.5. The number of para-hydroxylation sites is 2. The summed E-state index contributed by atoms with van der Waals surface area (Å²) in [5.74, 6) is 1.17. The molecule has 6 nitrogen and oxygen atoms in total. The Hall–Kier alpha value is -6.92. The van der Waals surface area contributed by atoms with Crippen molar-refractivity contribution in [1.82, 2.24) is 19.9 Å². The molecule has 0 atom stereocenters. The van der Waals surface area contributed by atoms with Gasteiger partial charge in [0.1, 0.15) is 33.6 Å². The fraction of sp³-hybridized carbons (Fsp3) is 0. The number of rotatable bonds is 5. The van der Waals surface area contributed by atoms with E-state index in [2.05, 4.69) is 30.3 Å². The van der Waals surface area contributed by atoms with Crippen LogP contribution in [-0.4, -0.2) is 19.9 Å². The van der Waals surface area contributed by atoms with E-state index in [9.17, 15) is 0 Å². The van der Waals surface area contributed by atoms with E-state index in [0.29, 0.717) is 22.8 Å². The molecule has 50 heavy (non-hydrogen) atoms. The topological polar surface area (TPSA) is 77.8 Å². The molecule has 0 saturated carbocycles. The van der Waals surface area contributed by atoms with Crippen molar-refractivity contribution in [2.45, 2.75) is 0 Å². The average molecular weight is 643 g/mol. The molecule has 4 aromatic heterocycles. The third-order valence-electron chi connectivity index (χ3n) is 9.09. The van der Waals surface area contributed by atoms with Crippen molar-refractivity contribution in [3.8, 4) is 56.4 Å². The molecular formula is C44H26N4O2. The Morgan fingerprint density at radius 3 is 1.16 bits per heavy atom. The molecule has 0 radical (unpaired) electrons. The highest BCUT2D eigenvalue weighted by molar-refractivity contribution is 6.08. The van der Waals surface area contributed by atoms with Crippen LogP contribution in [0.2, 0.25) is 0 Å².